The summed E-state index contributed by atoms with van der Waals surface area (Å²) in [7, 11) is 0. The minimum absolute atomic E-state index is 0.0887. The first-order chi connectivity index (χ1) is 8.12. The van der Waals surface area contributed by atoms with Crippen molar-refractivity contribution in [2.45, 2.75) is 24.8 Å². The molecule has 0 atom stereocenters. The van der Waals surface area contributed by atoms with E-state index in [-0.39, 0.29) is 19.0 Å². The van der Waals surface area contributed by atoms with Gasteiger partial charge in [0.2, 0.25) is 0 Å². The fourth-order valence-corrected chi connectivity index (χ4v) is 1.70. The molecule has 5 heteroatoms. The van der Waals surface area contributed by atoms with Gasteiger partial charge in [0.25, 0.3) is 0 Å². The van der Waals surface area contributed by atoms with Gasteiger partial charge in [-0.2, -0.15) is 5.26 Å². The van der Waals surface area contributed by atoms with E-state index in [4.69, 9.17) is 15.1 Å². The second-order valence-corrected chi connectivity index (χ2v) is 3.87. The van der Waals surface area contributed by atoms with Crippen LogP contribution in [0.15, 0.2) is 17.0 Å². The third kappa shape index (κ3) is 3.48. The van der Waals surface area contributed by atoms with Crippen LogP contribution in [0, 0.1) is 11.3 Å². The number of nitrogens with zero attached hydrogens (tertiary/aromatic N) is 1. The van der Waals surface area contributed by atoms with Gasteiger partial charge in [0.15, 0.2) is 0 Å². The lowest BCUT2D eigenvalue weighted by Gasteiger charge is -2.08. The molecule has 0 radical (unpaired) electrons. The Morgan fingerprint density at radius 2 is 2.24 bits per heavy atom. The van der Waals surface area contributed by atoms with Gasteiger partial charge in [-0.05, 0) is 24.1 Å². The number of nitriles is 1. The number of carbonyl (C=O) groups is 1. The zero-order valence-electron chi connectivity index (χ0n) is 9.43. The second kappa shape index (κ2) is 6.28. The van der Waals surface area contributed by atoms with Gasteiger partial charge in [-0.15, -0.1) is 12.6 Å². The first-order valence-corrected chi connectivity index (χ1v) is 5.58. The molecule has 0 saturated carbocycles. The van der Waals surface area contributed by atoms with Gasteiger partial charge in [-0.25, -0.2) is 0 Å². The van der Waals surface area contributed by atoms with Crippen molar-refractivity contribution in [3.05, 3.63) is 28.8 Å². The fraction of sp³-hybridized carbons (Fsp3) is 0.333. The molecule has 1 aromatic carbocycles. The minimum Gasteiger partial charge on any atom is -0.466 e. The molecule has 0 fully saturated rings. The summed E-state index contributed by atoms with van der Waals surface area (Å²) in [5, 5.41) is 18.0. The maximum atomic E-state index is 11.3. The van der Waals surface area contributed by atoms with Gasteiger partial charge in [0.1, 0.15) is 0 Å². The molecule has 0 heterocycles. The van der Waals surface area contributed by atoms with E-state index in [0.717, 1.165) is 0 Å². The Morgan fingerprint density at radius 3 is 2.76 bits per heavy atom. The average molecular weight is 251 g/mol. The van der Waals surface area contributed by atoms with E-state index in [9.17, 15) is 4.79 Å². The molecule has 1 aromatic rings. The normalized spacial score (nSPS) is 9.76. The van der Waals surface area contributed by atoms with Gasteiger partial charge in [0.05, 0.1) is 31.3 Å². The predicted molar refractivity (Wildman–Crippen MR) is 64.7 cm³/mol. The fourth-order valence-electron chi connectivity index (χ4n) is 1.43. The lowest BCUT2D eigenvalue weighted by Crippen LogP contribution is -2.08. The number of hydrogen-bond acceptors (Lipinski definition) is 5. The number of benzene rings is 1. The highest BCUT2D eigenvalue weighted by Crippen LogP contribution is 2.21. The number of aliphatic hydroxyl groups is 1. The molecule has 0 spiro atoms. The number of aliphatic hydroxyl groups excluding tert-OH is 1. The molecule has 0 aliphatic heterocycles. The van der Waals surface area contributed by atoms with Crippen molar-refractivity contribution >= 4 is 18.6 Å². The number of hydrogen-bond donors (Lipinski definition) is 2. The predicted octanol–water partition coefficient (Wildman–Crippen LogP) is 1.44. The van der Waals surface area contributed by atoms with E-state index in [1.165, 1.54) is 0 Å². The van der Waals surface area contributed by atoms with Crippen molar-refractivity contribution in [3.63, 3.8) is 0 Å². The smallest absolute Gasteiger partial charge is 0.310 e. The van der Waals surface area contributed by atoms with Crippen LogP contribution >= 0.6 is 12.6 Å². The molecule has 1 rings (SSSR count). The highest BCUT2D eigenvalue weighted by atomic mass is 32.1. The maximum Gasteiger partial charge on any atom is 0.310 e. The molecule has 0 aliphatic rings. The molecule has 90 valence electrons. The number of thiol groups is 1. The van der Waals surface area contributed by atoms with Crippen molar-refractivity contribution in [2.24, 2.45) is 0 Å². The largest absolute Gasteiger partial charge is 0.466 e. The van der Waals surface area contributed by atoms with Crippen molar-refractivity contribution in [1.29, 1.82) is 5.26 Å². The molecule has 0 aliphatic carbocycles. The summed E-state index contributed by atoms with van der Waals surface area (Å²) in [6.45, 7) is 1.81. The summed E-state index contributed by atoms with van der Waals surface area (Å²) in [6, 6.07) is 5.12. The van der Waals surface area contributed by atoms with Crippen LogP contribution in [0.4, 0.5) is 0 Å². The van der Waals surface area contributed by atoms with Crippen molar-refractivity contribution < 1.29 is 14.6 Å². The SMILES string of the molecule is CCOC(=O)Cc1cc(CO)c(C#N)cc1S. The molecular formula is C12H13NO3S. The molecule has 1 N–H and O–H groups in total. The Balaban J connectivity index is 3.01. The molecule has 17 heavy (non-hydrogen) atoms. The van der Waals surface area contributed by atoms with E-state index in [1.54, 1.807) is 19.1 Å². The first-order valence-electron chi connectivity index (χ1n) is 5.13. The van der Waals surface area contributed by atoms with E-state index in [0.29, 0.717) is 28.2 Å². The van der Waals surface area contributed by atoms with E-state index in [2.05, 4.69) is 12.6 Å². The zero-order chi connectivity index (χ0) is 12.8. The van der Waals surface area contributed by atoms with Gasteiger partial charge in [0, 0.05) is 4.90 Å². The van der Waals surface area contributed by atoms with Crippen LogP contribution in [0.1, 0.15) is 23.6 Å². The van der Waals surface area contributed by atoms with Crippen LogP contribution in [-0.2, 0) is 22.6 Å². The van der Waals surface area contributed by atoms with Crippen molar-refractivity contribution in [2.75, 3.05) is 6.61 Å². The Morgan fingerprint density at radius 1 is 1.53 bits per heavy atom. The van der Waals surface area contributed by atoms with E-state index >= 15 is 0 Å². The summed E-state index contributed by atoms with van der Waals surface area (Å²) in [6.07, 6.45) is 0.0887. The lowest BCUT2D eigenvalue weighted by molar-refractivity contribution is -0.142. The molecule has 0 unspecified atom stereocenters. The zero-order valence-corrected chi connectivity index (χ0v) is 10.3. The van der Waals surface area contributed by atoms with Crippen LogP contribution < -0.4 is 0 Å². The maximum absolute atomic E-state index is 11.3. The number of carbonyl (C=O) groups excluding carboxylic acids is 1. The highest BCUT2D eigenvalue weighted by Gasteiger charge is 2.11. The second-order valence-electron chi connectivity index (χ2n) is 3.39. The molecule has 4 nitrogen and oxygen atoms in total. The topological polar surface area (TPSA) is 70.3 Å². The van der Waals surface area contributed by atoms with Crippen LogP contribution in [0.5, 0.6) is 0 Å². The average Bonchev–Trinajstić information content (AvgIpc) is 2.31. The number of esters is 1. The molecule has 0 saturated heterocycles. The summed E-state index contributed by atoms with van der Waals surface area (Å²) in [5.41, 5.74) is 1.50. The lowest BCUT2D eigenvalue weighted by atomic mass is 10.0. The summed E-state index contributed by atoms with van der Waals surface area (Å²) in [5.74, 6) is -0.351. The Labute approximate surface area is 105 Å². The third-order valence-corrected chi connectivity index (χ3v) is 2.65. The standard InChI is InChI=1S/C12H13NO3S/c1-2-16-12(15)5-8-3-10(7-14)9(6-13)4-11(8)17/h3-4,14,17H,2,5,7H2,1H3. The quantitative estimate of drug-likeness (QED) is 0.627. The van der Waals surface area contributed by atoms with Crippen LogP contribution in [0.3, 0.4) is 0 Å². The van der Waals surface area contributed by atoms with Gasteiger partial charge >= 0.3 is 5.97 Å². The van der Waals surface area contributed by atoms with E-state index < -0.39 is 0 Å². The summed E-state index contributed by atoms with van der Waals surface area (Å²) >= 11 is 4.21. The van der Waals surface area contributed by atoms with Gasteiger partial charge in [-0.1, -0.05) is 6.07 Å². The van der Waals surface area contributed by atoms with Gasteiger partial charge < -0.3 is 9.84 Å². The molecule has 0 amide bonds. The third-order valence-electron chi connectivity index (χ3n) is 2.24. The number of rotatable bonds is 4. The Bertz CT molecular complexity index is 466. The molecular weight excluding hydrogens is 238 g/mol. The highest BCUT2D eigenvalue weighted by molar-refractivity contribution is 7.80. The first kappa shape index (κ1) is 13.6. The van der Waals surface area contributed by atoms with Crippen LogP contribution in [-0.4, -0.2) is 17.7 Å². The van der Waals surface area contributed by atoms with Crippen molar-refractivity contribution in [3.8, 4) is 6.07 Å². The minimum atomic E-state index is -0.351. The summed E-state index contributed by atoms with van der Waals surface area (Å²) < 4.78 is 4.83. The summed E-state index contributed by atoms with van der Waals surface area (Å²) in [4.78, 5) is 11.9. The monoisotopic (exact) mass is 251 g/mol. The van der Waals surface area contributed by atoms with Crippen molar-refractivity contribution in [1.82, 2.24) is 0 Å². The molecule has 0 aromatic heterocycles. The Kier molecular flexibility index (Phi) is 5.01. The molecule has 0 bridgehead atoms. The number of ether oxygens (including phenoxy) is 1. The Hall–Kier alpha value is -1.51. The van der Waals surface area contributed by atoms with Crippen LogP contribution in [0.25, 0.3) is 0 Å². The van der Waals surface area contributed by atoms with Crippen LogP contribution in [0.2, 0.25) is 0 Å². The van der Waals surface area contributed by atoms with E-state index in [1.807, 2.05) is 6.07 Å². The van der Waals surface area contributed by atoms with Gasteiger partial charge in [-0.3, -0.25) is 4.79 Å².